The summed E-state index contributed by atoms with van der Waals surface area (Å²) in [6, 6.07) is 38.9. The van der Waals surface area contributed by atoms with E-state index in [2.05, 4.69) is 118 Å². The molecule has 0 fully saturated rings. The first kappa shape index (κ1) is 21.9. The highest BCUT2D eigenvalue weighted by molar-refractivity contribution is 6.22. The van der Waals surface area contributed by atoms with Gasteiger partial charge in [-0.15, -0.1) is 0 Å². The van der Waals surface area contributed by atoms with Crippen LogP contribution in [0, 0.1) is 0 Å². The van der Waals surface area contributed by atoms with Gasteiger partial charge in [-0.3, -0.25) is 9.13 Å². The molecule has 0 bridgehead atoms. The molecule has 1 aliphatic rings. The van der Waals surface area contributed by atoms with Crippen molar-refractivity contribution in [2.45, 2.75) is 25.7 Å². The van der Waals surface area contributed by atoms with Crippen LogP contribution >= 0.6 is 0 Å². The minimum atomic E-state index is 0.953. The van der Waals surface area contributed by atoms with Crippen molar-refractivity contribution in [1.82, 2.24) is 19.1 Å². The van der Waals surface area contributed by atoms with Gasteiger partial charge in [0.2, 0.25) is 0 Å². The smallest absolute Gasteiger partial charge is 0.138 e. The van der Waals surface area contributed by atoms with E-state index in [1.165, 1.54) is 62.2 Å². The Morgan fingerprint density at radius 1 is 0.475 bits per heavy atom. The van der Waals surface area contributed by atoms with Crippen LogP contribution in [-0.4, -0.2) is 19.1 Å². The highest BCUT2D eigenvalue weighted by Gasteiger charge is 2.26. The van der Waals surface area contributed by atoms with Crippen molar-refractivity contribution in [2.24, 2.45) is 0 Å². The molecule has 0 atom stereocenters. The van der Waals surface area contributed by atoms with E-state index in [9.17, 15) is 0 Å². The van der Waals surface area contributed by atoms with Crippen LogP contribution in [-0.2, 0) is 12.8 Å². The van der Waals surface area contributed by atoms with E-state index in [4.69, 9.17) is 9.97 Å². The molecule has 190 valence electrons. The second-order valence-corrected chi connectivity index (χ2v) is 10.9. The number of para-hydroxylation sites is 3. The van der Waals surface area contributed by atoms with Crippen LogP contribution in [0.2, 0.25) is 0 Å². The van der Waals surface area contributed by atoms with E-state index in [0.29, 0.717) is 0 Å². The lowest BCUT2D eigenvalue weighted by Crippen LogP contribution is -2.08. The zero-order valence-electron chi connectivity index (χ0n) is 22.0. The molecule has 0 saturated carbocycles. The highest BCUT2D eigenvalue weighted by Crippen LogP contribution is 2.43. The number of hydrogen-bond donors (Lipinski definition) is 0. The SMILES string of the molecule is c1ccc2nc(-n3c4c(c5c6c7ccccc7n(-c7ccc8ccccc8n7)c6ccc53)CCCC4)ccc2c1. The summed E-state index contributed by atoms with van der Waals surface area (Å²) in [5, 5.41) is 6.29. The summed E-state index contributed by atoms with van der Waals surface area (Å²) >= 11 is 0. The van der Waals surface area contributed by atoms with Gasteiger partial charge in [0.15, 0.2) is 0 Å². The van der Waals surface area contributed by atoms with Crippen molar-refractivity contribution in [3.63, 3.8) is 0 Å². The van der Waals surface area contributed by atoms with E-state index >= 15 is 0 Å². The van der Waals surface area contributed by atoms with Crippen molar-refractivity contribution in [3.05, 3.63) is 120 Å². The summed E-state index contributed by atoms with van der Waals surface area (Å²) in [6.07, 6.45) is 4.60. The zero-order chi connectivity index (χ0) is 26.2. The summed E-state index contributed by atoms with van der Waals surface area (Å²) in [5.41, 5.74) is 8.58. The standard InChI is InChI=1S/C36H26N4/c1-5-13-27-23(9-1)17-21-33(37-27)39-29-15-7-3-11-25(29)35-31(39)19-20-32-36(35)26-12-4-8-16-30(26)40(32)34-22-18-24-10-2-6-14-28(24)38-34/h1-3,5-7,9-11,13-15,17-22H,4,8,12,16H2. The number of hydrogen-bond acceptors (Lipinski definition) is 2. The lowest BCUT2D eigenvalue weighted by molar-refractivity contribution is 0.665. The number of pyridine rings is 2. The normalized spacial score (nSPS) is 13.6. The van der Waals surface area contributed by atoms with Gasteiger partial charge in [-0.25, -0.2) is 9.97 Å². The molecule has 0 unspecified atom stereocenters. The van der Waals surface area contributed by atoms with Gasteiger partial charge in [0.1, 0.15) is 11.6 Å². The van der Waals surface area contributed by atoms with Gasteiger partial charge in [-0.05, 0) is 85.8 Å². The molecule has 0 amide bonds. The second kappa shape index (κ2) is 8.27. The largest absolute Gasteiger partial charge is 0.298 e. The van der Waals surface area contributed by atoms with Gasteiger partial charge in [0, 0.05) is 32.6 Å². The Kier molecular flexibility index (Phi) is 4.53. The molecule has 4 nitrogen and oxygen atoms in total. The molecule has 4 heteroatoms. The van der Waals surface area contributed by atoms with Crippen LogP contribution in [0.15, 0.2) is 109 Å². The van der Waals surface area contributed by atoms with Crippen molar-refractivity contribution in [1.29, 1.82) is 0 Å². The lowest BCUT2D eigenvalue weighted by Gasteiger charge is -2.16. The molecule has 4 aromatic carbocycles. The minimum absolute atomic E-state index is 0.953. The lowest BCUT2D eigenvalue weighted by atomic mass is 9.94. The first-order chi connectivity index (χ1) is 19.8. The molecular weight excluding hydrogens is 488 g/mol. The molecule has 4 heterocycles. The third-order valence-corrected chi connectivity index (χ3v) is 8.69. The van der Waals surface area contributed by atoms with Crippen LogP contribution < -0.4 is 0 Å². The maximum atomic E-state index is 5.15. The fourth-order valence-corrected chi connectivity index (χ4v) is 6.96. The van der Waals surface area contributed by atoms with Gasteiger partial charge >= 0.3 is 0 Å². The predicted molar refractivity (Wildman–Crippen MR) is 165 cm³/mol. The van der Waals surface area contributed by atoms with Crippen LogP contribution in [0.3, 0.4) is 0 Å². The third kappa shape index (κ3) is 3.02. The minimum Gasteiger partial charge on any atom is -0.298 e. The topological polar surface area (TPSA) is 35.6 Å². The van der Waals surface area contributed by atoms with Gasteiger partial charge in [-0.2, -0.15) is 0 Å². The second-order valence-electron chi connectivity index (χ2n) is 10.9. The third-order valence-electron chi connectivity index (χ3n) is 8.69. The summed E-state index contributed by atoms with van der Waals surface area (Å²) in [6.45, 7) is 0. The van der Waals surface area contributed by atoms with Crippen LogP contribution in [0.4, 0.5) is 0 Å². The molecule has 0 saturated heterocycles. The zero-order valence-corrected chi connectivity index (χ0v) is 22.0. The van der Waals surface area contributed by atoms with E-state index in [1.807, 2.05) is 0 Å². The maximum absolute atomic E-state index is 5.15. The van der Waals surface area contributed by atoms with Crippen molar-refractivity contribution < 1.29 is 0 Å². The van der Waals surface area contributed by atoms with E-state index in [1.54, 1.807) is 0 Å². The Balaban J connectivity index is 1.40. The number of benzene rings is 4. The number of aryl methyl sites for hydroxylation is 1. The Labute approximate surface area is 231 Å². The Morgan fingerprint density at radius 3 is 1.82 bits per heavy atom. The first-order valence-electron chi connectivity index (χ1n) is 14.2. The first-order valence-corrected chi connectivity index (χ1v) is 14.2. The maximum Gasteiger partial charge on any atom is 0.138 e. The molecule has 0 aliphatic heterocycles. The van der Waals surface area contributed by atoms with E-state index in [0.717, 1.165) is 40.9 Å². The number of nitrogens with zero attached hydrogens (tertiary/aromatic N) is 4. The molecule has 9 rings (SSSR count). The van der Waals surface area contributed by atoms with Crippen LogP contribution in [0.1, 0.15) is 24.1 Å². The molecular formula is C36H26N4. The summed E-state index contributed by atoms with van der Waals surface area (Å²) in [4.78, 5) is 10.3. The number of aromatic nitrogens is 4. The van der Waals surface area contributed by atoms with Crippen LogP contribution in [0.25, 0.3) is 66.2 Å². The van der Waals surface area contributed by atoms with Gasteiger partial charge in [-0.1, -0.05) is 54.6 Å². The highest BCUT2D eigenvalue weighted by atomic mass is 15.1. The van der Waals surface area contributed by atoms with E-state index in [-0.39, 0.29) is 0 Å². The summed E-state index contributed by atoms with van der Waals surface area (Å²) < 4.78 is 4.79. The molecule has 1 aliphatic carbocycles. The quantitative estimate of drug-likeness (QED) is 0.231. The fourth-order valence-electron chi connectivity index (χ4n) is 6.96. The molecule has 0 N–H and O–H groups in total. The van der Waals surface area contributed by atoms with Gasteiger partial charge < -0.3 is 0 Å². The van der Waals surface area contributed by atoms with Gasteiger partial charge in [0.05, 0.1) is 27.6 Å². The fraction of sp³-hybridized carbons (Fsp3) is 0.111. The van der Waals surface area contributed by atoms with Crippen molar-refractivity contribution >= 4 is 54.5 Å². The molecule has 0 spiro atoms. The average molecular weight is 515 g/mol. The van der Waals surface area contributed by atoms with Crippen molar-refractivity contribution in [3.8, 4) is 11.6 Å². The molecule has 4 aromatic heterocycles. The van der Waals surface area contributed by atoms with E-state index < -0.39 is 0 Å². The molecule has 40 heavy (non-hydrogen) atoms. The van der Waals surface area contributed by atoms with Crippen molar-refractivity contribution in [2.75, 3.05) is 0 Å². The monoisotopic (exact) mass is 514 g/mol. The summed E-state index contributed by atoms with van der Waals surface area (Å²) in [7, 11) is 0. The average Bonchev–Trinajstić information content (AvgIpc) is 3.53. The van der Waals surface area contributed by atoms with Gasteiger partial charge in [0.25, 0.3) is 0 Å². The Morgan fingerprint density at radius 2 is 1.07 bits per heavy atom. The summed E-state index contributed by atoms with van der Waals surface area (Å²) in [5.74, 6) is 1.96. The Bertz CT molecular complexity index is 2280. The number of fused-ring (bicyclic) bond motifs is 9. The molecule has 8 aromatic rings. The molecule has 0 radical (unpaired) electrons. The van der Waals surface area contributed by atoms with Crippen LogP contribution in [0.5, 0.6) is 0 Å². The number of rotatable bonds is 2. The Hall–Kier alpha value is -4.96. The predicted octanol–water partition coefficient (Wildman–Crippen LogP) is 8.70.